The van der Waals surface area contributed by atoms with Crippen LogP contribution in [0.3, 0.4) is 0 Å². The van der Waals surface area contributed by atoms with Gasteiger partial charge in [-0.3, -0.25) is 0 Å². The molecule has 0 aliphatic carbocycles. The summed E-state index contributed by atoms with van der Waals surface area (Å²) in [6.07, 6.45) is 2.49. The minimum Gasteiger partial charge on any atom is -0.229 e. The Morgan fingerprint density at radius 2 is 1.89 bits per heavy atom. The molecule has 0 aromatic carbocycles. The van der Waals surface area contributed by atoms with E-state index in [-0.39, 0.29) is 10.8 Å². The van der Waals surface area contributed by atoms with Gasteiger partial charge in [0.05, 0.1) is 4.75 Å². The number of aromatic nitrogens is 1. The van der Waals surface area contributed by atoms with E-state index in [1.807, 2.05) is 0 Å². The number of hydrogen-bond donors (Lipinski definition) is 0. The predicted octanol–water partition coefficient (Wildman–Crippen LogP) is 0.587. The molecule has 0 N–H and O–H groups in total. The molecule has 0 aliphatic rings. The Kier molecular flexibility index (Phi) is 4.21. The summed E-state index contributed by atoms with van der Waals surface area (Å²) < 4.78 is 51.1. The Morgan fingerprint density at radius 1 is 1.33 bits per heavy atom. The fraction of sp³-hybridized carbons (Fsp3) is 0.667. The second-order valence-corrected chi connectivity index (χ2v) is 10.4. The normalized spacial score (nSPS) is 14.1. The van der Waals surface area contributed by atoms with E-state index in [1.54, 1.807) is 0 Å². The van der Waals surface area contributed by atoms with Crippen molar-refractivity contribution >= 4 is 31.4 Å². The zero-order valence-corrected chi connectivity index (χ0v) is 13.1. The summed E-state index contributed by atoms with van der Waals surface area (Å²) in [6, 6.07) is 1.39. The van der Waals surface area contributed by atoms with E-state index < -0.39 is 24.6 Å². The Labute approximate surface area is 112 Å². The van der Waals surface area contributed by atoms with Crippen LogP contribution in [0.4, 0.5) is 0 Å². The predicted molar refractivity (Wildman–Crippen MR) is 70.9 cm³/mol. The minimum absolute atomic E-state index is 0.105. The van der Waals surface area contributed by atoms with Gasteiger partial charge in [-0.1, -0.05) is 0 Å². The molecular weight excluding hydrogens is 296 g/mol. The molecule has 0 spiro atoms. The molecule has 1 rings (SSSR count). The second kappa shape index (κ2) is 4.87. The molecule has 0 radical (unpaired) electrons. The molecular formula is C9H16N2O4S3. The molecule has 0 unspecified atom stereocenters. The molecule has 0 saturated carbocycles. The maximum atomic E-state index is 12.1. The summed E-state index contributed by atoms with van der Waals surface area (Å²) in [5, 5.41) is 0. The average Bonchev–Trinajstić information content (AvgIpc) is 2.67. The molecule has 0 aliphatic heterocycles. The monoisotopic (exact) mass is 312 g/mol. The maximum absolute atomic E-state index is 12.1. The van der Waals surface area contributed by atoms with Crippen LogP contribution >= 0.6 is 11.5 Å². The first-order valence-corrected chi connectivity index (χ1v) is 9.15. The quantitative estimate of drug-likeness (QED) is 0.794. The smallest absolute Gasteiger partial charge is 0.229 e. The Morgan fingerprint density at radius 3 is 2.28 bits per heavy atom. The number of sulfonamides is 1. The highest BCUT2D eigenvalue weighted by Crippen LogP contribution is 2.22. The van der Waals surface area contributed by atoms with Gasteiger partial charge in [0.25, 0.3) is 10.0 Å². The van der Waals surface area contributed by atoms with Crippen LogP contribution in [-0.4, -0.2) is 50.1 Å². The Hall–Kier alpha value is -0.510. The van der Waals surface area contributed by atoms with Gasteiger partial charge in [0.1, 0.15) is 0 Å². The highest BCUT2D eigenvalue weighted by molar-refractivity contribution is 7.92. The van der Waals surface area contributed by atoms with Crippen molar-refractivity contribution in [2.75, 3.05) is 19.8 Å². The van der Waals surface area contributed by atoms with E-state index >= 15 is 0 Å². The van der Waals surface area contributed by atoms with Crippen molar-refractivity contribution in [3.05, 3.63) is 12.3 Å². The van der Waals surface area contributed by atoms with Crippen molar-refractivity contribution in [1.82, 2.24) is 8.68 Å². The molecule has 1 aromatic rings. The number of rotatable bonds is 5. The molecule has 0 atom stereocenters. The van der Waals surface area contributed by atoms with Crippen molar-refractivity contribution in [2.24, 2.45) is 0 Å². The van der Waals surface area contributed by atoms with Crippen LogP contribution in [0.25, 0.3) is 0 Å². The summed E-state index contributed by atoms with van der Waals surface area (Å²) in [5.74, 6) is 0. The molecule has 1 aromatic heterocycles. The number of hydrogen-bond acceptors (Lipinski definition) is 6. The zero-order valence-electron chi connectivity index (χ0n) is 10.6. The lowest BCUT2D eigenvalue weighted by molar-refractivity contribution is 0.423. The Bertz CT molecular complexity index is 602. The molecule has 0 fully saturated rings. The van der Waals surface area contributed by atoms with E-state index in [0.717, 1.165) is 22.1 Å². The summed E-state index contributed by atoms with van der Waals surface area (Å²) >= 11 is 0.863. The van der Waals surface area contributed by atoms with Gasteiger partial charge in [-0.15, -0.1) is 0 Å². The molecule has 18 heavy (non-hydrogen) atoms. The van der Waals surface area contributed by atoms with Crippen molar-refractivity contribution in [2.45, 2.75) is 22.8 Å². The van der Waals surface area contributed by atoms with Crippen LogP contribution < -0.4 is 0 Å². The first-order chi connectivity index (χ1) is 7.98. The van der Waals surface area contributed by atoms with E-state index in [9.17, 15) is 16.8 Å². The van der Waals surface area contributed by atoms with Crippen LogP contribution in [-0.2, 0) is 19.9 Å². The van der Waals surface area contributed by atoms with Gasteiger partial charge in [-0.25, -0.2) is 16.8 Å². The fourth-order valence-corrected chi connectivity index (χ4v) is 4.01. The third kappa shape index (κ3) is 3.08. The molecule has 0 amide bonds. The number of nitrogens with zero attached hydrogens (tertiary/aromatic N) is 2. The van der Waals surface area contributed by atoms with Crippen LogP contribution in [0.1, 0.15) is 13.8 Å². The Balaban J connectivity index is 3.01. The third-order valence-electron chi connectivity index (χ3n) is 2.69. The molecule has 6 nitrogen and oxygen atoms in total. The van der Waals surface area contributed by atoms with Gasteiger partial charge in [-0.05, 0) is 31.4 Å². The lowest BCUT2D eigenvalue weighted by Crippen LogP contribution is -2.44. The highest BCUT2D eigenvalue weighted by Gasteiger charge is 2.35. The van der Waals surface area contributed by atoms with Gasteiger partial charge < -0.3 is 0 Å². The SMILES string of the molecule is CN(CC(C)(C)S(C)(=O)=O)S(=O)(=O)c1ccns1. The van der Waals surface area contributed by atoms with E-state index in [0.29, 0.717) is 0 Å². The van der Waals surface area contributed by atoms with Crippen LogP contribution in [0.15, 0.2) is 16.5 Å². The van der Waals surface area contributed by atoms with Gasteiger partial charge in [0, 0.05) is 26.0 Å². The van der Waals surface area contributed by atoms with E-state index in [1.165, 1.54) is 33.2 Å². The minimum atomic E-state index is -3.66. The van der Waals surface area contributed by atoms with Crippen molar-refractivity contribution in [1.29, 1.82) is 0 Å². The van der Waals surface area contributed by atoms with Crippen molar-refractivity contribution in [3.8, 4) is 0 Å². The van der Waals surface area contributed by atoms with Gasteiger partial charge in [-0.2, -0.15) is 8.68 Å². The number of sulfone groups is 1. The van der Waals surface area contributed by atoms with Crippen molar-refractivity contribution in [3.63, 3.8) is 0 Å². The van der Waals surface area contributed by atoms with Gasteiger partial charge >= 0.3 is 0 Å². The average molecular weight is 312 g/mol. The molecule has 1 heterocycles. The second-order valence-electron chi connectivity index (χ2n) is 4.62. The highest BCUT2D eigenvalue weighted by atomic mass is 32.2. The van der Waals surface area contributed by atoms with E-state index in [4.69, 9.17) is 0 Å². The largest absolute Gasteiger partial charge is 0.253 e. The van der Waals surface area contributed by atoms with Gasteiger partial charge in [0.15, 0.2) is 14.0 Å². The standard InChI is InChI=1S/C9H16N2O4S3/c1-9(2,17(4,12)13)7-11(3)18(14,15)8-5-6-10-16-8/h5-6H,7H2,1-4H3. The molecule has 0 bridgehead atoms. The van der Waals surface area contributed by atoms with Crippen molar-refractivity contribution < 1.29 is 16.8 Å². The fourth-order valence-electron chi connectivity index (χ4n) is 1.23. The lowest BCUT2D eigenvalue weighted by atomic mass is 10.2. The summed E-state index contributed by atoms with van der Waals surface area (Å²) in [4.78, 5) is 0. The lowest BCUT2D eigenvalue weighted by Gasteiger charge is -2.27. The first-order valence-electron chi connectivity index (χ1n) is 5.05. The summed E-state index contributed by atoms with van der Waals surface area (Å²) in [6.45, 7) is 2.90. The van der Waals surface area contributed by atoms with Crippen LogP contribution in [0.2, 0.25) is 0 Å². The topological polar surface area (TPSA) is 84.4 Å². The molecule has 0 saturated heterocycles. The third-order valence-corrected chi connectivity index (χ3v) is 7.82. The summed E-state index contributed by atoms with van der Waals surface area (Å²) in [7, 11) is -5.65. The summed E-state index contributed by atoms with van der Waals surface area (Å²) in [5.41, 5.74) is 0. The first kappa shape index (κ1) is 15.5. The maximum Gasteiger partial charge on any atom is 0.253 e. The van der Waals surface area contributed by atoms with Gasteiger partial charge in [0.2, 0.25) is 0 Å². The molecule has 104 valence electrons. The van der Waals surface area contributed by atoms with Crippen LogP contribution in [0, 0.1) is 0 Å². The zero-order chi connectivity index (χ0) is 14.2. The van der Waals surface area contributed by atoms with E-state index in [2.05, 4.69) is 4.37 Å². The molecule has 9 heteroatoms. The van der Waals surface area contributed by atoms with Crippen LogP contribution in [0.5, 0.6) is 0 Å².